The van der Waals surface area contributed by atoms with Gasteiger partial charge in [0.05, 0.1) is 0 Å². The van der Waals surface area contributed by atoms with E-state index in [1.54, 1.807) is 6.07 Å². The molecule has 0 amide bonds. The number of anilines is 1. The lowest BCUT2D eigenvalue weighted by atomic mass is 10.1. The Hall–Kier alpha value is -1.26. The molecule has 0 bridgehead atoms. The summed E-state index contributed by atoms with van der Waals surface area (Å²) >= 11 is 0. The molecule has 0 spiro atoms. The van der Waals surface area contributed by atoms with Gasteiger partial charge in [0.15, 0.2) is 0 Å². The van der Waals surface area contributed by atoms with Gasteiger partial charge in [0.2, 0.25) is 0 Å². The Bertz CT molecular complexity index is 383. The van der Waals surface area contributed by atoms with Gasteiger partial charge in [-0.1, -0.05) is 6.07 Å². The number of nitrogens with one attached hydrogen (secondary N) is 1. The second kappa shape index (κ2) is 6.07. The summed E-state index contributed by atoms with van der Waals surface area (Å²) in [7, 11) is 1.99. The molecule has 0 saturated carbocycles. The fraction of sp³-hybridized carbons (Fsp3) is 0.571. The first kappa shape index (κ1) is 13.2. The van der Waals surface area contributed by atoms with Gasteiger partial charge < -0.3 is 15.3 Å². The molecule has 2 rings (SSSR count). The average molecular weight is 249 g/mol. The molecular weight excluding hydrogens is 226 g/mol. The third kappa shape index (κ3) is 3.15. The highest BCUT2D eigenvalue weighted by Gasteiger charge is 2.23. The maximum absolute atomic E-state index is 9.55. The molecule has 4 heteroatoms. The summed E-state index contributed by atoms with van der Waals surface area (Å²) in [5.74, 6) is 0.345. The number of aromatic hydroxyl groups is 1. The van der Waals surface area contributed by atoms with Crippen LogP contribution in [0.1, 0.15) is 6.92 Å². The van der Waals surface area contributed by atoms with Crippen LogP contribution in [0.15, 0.2) is 24.3 Å². The van der Waals surface area contributed by atoms with Crippen molar-refractivity contribution in [1.82, 2.24) is 10.2 Å². The van der Waals surface area contributed by atoms with E-state index in [-0.39, 0.29) is 0 Å². The summed E-state index contributed by atoms with van der Waals surface area (Å²) in [5, 5.41) is 12.7. The number of nitrogens with zero attached hydrogens (tertiary/aromatic N) is 2. The lowest BCUT2D eigenvalue weighted by Crippen LogP contribution is -2.53. The summed E-state index contributed by atoms with van der Waals surface area (Å²) in [5.41, 5.74) is 1.12. The highest BCUT2D eigenvalue weighted by molar-refractivity contribution is 5.51. The number of hydrogen-bond acceptors (Lipinski definition) is 4. The van der Waals surface area contributed by atoms with Gasteiger partial charge >= 0.3 is 0 Å². The van der Waals surface area contributed by atoms with Crippen LogP contribution in [0, 0.1) is 0 Å². The summed E-state index contributed by atoms with van der Waals surface area (Å²) in [6.07, 6.45) is 0. The van der Waals surface area contributed by atoms with Crippen LogP contribution >= 0.6 is 0 Å². The Morgan fingerprint density at radius 2 is 2.22 bits per heavy atom. The molecule has 0 unspecified atom stereocenters. The highest BCUT2D eigenvalue weighted by atomic mass is 16.3. The van der Waals surface area contributed by atoms with Crippen molar-refractivity contribution >= 4 is 5.69 Å². The van der Waals surface area contributed by atoms with Crippen LogP contribution in [-0.2, 0) is 0 Å². The minimum Gasteiger partial charge on any atom is -0.508 e. The zero-order valence-corrected chi connectivity index (χ0v) is 11.3. The van der Waals surface area contributed by atoms with Crippen LogP contribution in [0.3, 0.4) is 0 Å². The van der Waals surface area contributed by atoms with E-state index in [9.17, 15) is 5.11 Å². The number of piperazine rings is 1. The van der Waals surface area contributed by atoms with Crippen molar-refractivity contribution in [3.63, 3.8) is 0 Å². The third-order valence-electron chi connectivity index (χ3n) is 3.55. The fourth-order valence-corrected chi connectivity index (χ4v) is 2.56. The monoisotopic (exact) mass is 249 g/mol. The molecule has 1 fully saturated rings. The predicted molar refractivity (Wildman–Crippen MR) is 75.3 cm³/mol. The van der Waals surface area contributed by atoms with Crippen molar-refractivity contribution < 1.29 is 5.11 Å². The lowest BCUT2D eigenvalue weighted by Gasteiger charge is -2.41. The summed E-state index contributed by atoms with van der Waals surface area (Å²) in [6.45, 7) is 7.58. The van der Waals surface area contributed by atoms with Crippen LogP contribution in [0.25, 0.3) is 0 Å². The average Bonchev–Trinajstić information content (AvgIpc) is 2.36. The zero-order chi connectivity index (χ0) is 13.0. The number of phenolic OH excluding ortho intramolecular Hbond substituents is 1. The second-order valence-electron chi connectivity index (χ2n) is 4.97. The molecule has 1 aliphatic heterocycles. The van der Waals surface area contributed by atoms with E-state index < -0.39 is 0 Å². The smallest absolute Gasteiger partial charge is 0.117 e. The van der Waals surface area contributed by atoms with Gasteiger partial charge in [-0.15, -0.1) is 0 Å². The van der Waals surface area contributed by atoms with Crippen molar-refractivity contribution in [2.24, 2.45) is 0 Å². The molecule has 1 saturated heterocycles. The minimum absolute atomic E-state index is 0.345. The first-order valence-electron chi connectivity index (χ1n) is 6.63. The molecular formula is C14H23N3O. The maximum Gasteiger partial charge on any atom is 0.117 e. The molecule has 2 N–H and O–H groups in total. The van der Waals surface area contributed by atoms with Crippen molar-refractivity contribution in [3.05, 3.63) is 24.3 Å². The van der Waals surface area contributed by atoms with Crippen molar-refractivity contribution in [2.45, 2.75) is 13.0 Å². The summed E-state index contributed by atoms with van der Waals surface area (Å²) < 4.78 is 0. The lowest BCUT2D eigenvalue weighted by molar-refractivity contribution is 0.230. The van der Waals surface area contributed by atoms with Crippen molar-refractivity contribution in [2.75, 3.05) is 44.7 Å². The Morgan fingerprint density at radius 3 is 2.89 bits per heavy atom. The zero-order valence-electron chi connectivity index (χ0n) is 11.3. The maximum atomic E-state index is 9.55. The predicted octanol–water partition coefficient (Wildman–Crippen LogP) is 1.12. The number of hydrogen-bond donors (Lipinski definition) is 2. The van der Waals surface area contributed by atoms with Crippen LogP contribution < -0.4 is 10.2 Å². The van der Waals surface area contributed by atoms with E-state index in [1.165, 1.54) is 0 Å². The molecule has 18 heavy (non-hydrogen) atoms. The Morgan fingerprint density at radius 1 is 1.39 bits per heavy atom. The molecule has 0 radical (unpaired) electrons. The Balaban J connectivity index is 1.97. The van der Waals surface area contributed by atoms with Crippen LogP contribution in [0.4, 0.5) is 5.69 Å². The van der Waals surface area contributed by atoms with Gasteiger partial charge in [-0.3, -0.25) is 4.90 Å². The van der Waals surface area contributed by atoms with Gasteiger partial charge in [0, 0.05) is 50.5 Å². The molecule has 100 valence electrons. The van der Waals surface area contributed by atoms with E-state index in [0.717, 1.165) is 38.4 Å². The molecule has 1 atom stereocenters. The largest absolute Gasteiger partial charge is 0.508 e. The Kier molecular flexibility index (Phi) is 4.44. The van der Waals surface area contributed by atoms with E-state index >= 15 is 0 Å². The molecule has 1 aliphatic rings. The number of likely N-dealkylation sites (N-methyl/N-ethyl adjacent to an activating group) is 1. The van der Waals surface area contributed by atoms with Crippen molar-refractivity contribution in [3.8, 4) is 5.75 Å². The highest BCUT2D eigenvalue weighted by Crippen LogP contribution is 2.23. The minimum atomic E-state index is 0.345. The van der Waals surface area contributed by atoms with Gasteiger partial charge in [-0.05, 0) is 26.1 Å². The normalized spacial score (nSPS) is 21.2. The van der Waals surface area contributed by atoms with Gasteiger partial charge in [0.25, 0.3) is 0 Å². The summed E-state index contributed by atoms with van der Waals surface area (Å²) in [6, 6.07) is 8.03. The summed E-state index contributed by atoms with van der Waals surface area (Å²) in [4.78, 5) is 4.86. The fourth-order valence-electron chi connectivity index (χ4n) is 2.56. The van der Waals surface area contributed by atoms with E-state index in [4.69, 9.17) is 0 Å². The van der Waals surface area contributed by atoms with Gasteiger partial charge in [0.1, 0.15) is 5.75 Å². The molecule has 4 nitrogen and oxygen atoms in total. The third-order valence-corrected chi connectivity index (χ3v) is 3.55. The second-order valence-corrected chi connectivity index (χ2v) is 4.97. The van der Waals surface area contributed by atoms with Crippen molar-refractivity contribution in [1.29, 1.82) is 0 Å². The Labute approximate surface area is 109 Å². The molecule has 1 aromatic carbocycles. The van der Waals surface area contributed by atoms with E-state index in [0.29, 0.717) is 11.8 Å². The number of phenols is 1. The molecule has 0 aromatic heterocycles. The first-order valence-corrected chi connectivity index (χ1v) is 6.63. The van der Waals surface area contributed by atoms with Crippen LogP contribution in [-0.4, -0.2) is 55.8 Å². The standard InChI is InChI=1S/C14H23N3O/c1-12-11-16(7-6-15-2)8-9-17(12)13-4-3-5-14(18)10-13/h3-5,10,12,15,18H,6-9,11H2,1-2H3/t12-/m0/s1. The molecule has 1 heterocycles. The molecule has 1 aromatic rings. The van der Waals surface area contributed by atoms with Gasteiger partial charge in [-0.2, -0.15) is 0 Å². The molecule has 0 aliphatic carbocycles. The first-order chi connectivity index (χ1) is 8.70. The number of benzene rings is 1. The van der Waals surface area contributed by atoms with Gasteiger partial charge in [-0.25, -0.2) is 0 Å². The SMILES string of the molecule is CNCCN1CCN(c2cccc(O)c2)[C@@H](C)C1. The van der Waals surface area contributed by atoms with E-state index in [1.807, 2.05) is 19.2 Å². The topological polar surface area (TPSA) is 38.7 Å². The quantitative estimate of drug-likeness (QED) is 0.839. The number of rotatable bonds is 4. The van der Waals surface area contributed by atoms with Crippen LogP contribution in [0.5, 0.6) is 5.75 Å². The van der Waals surface area contributed by atoms with E-state index in [2.05, 4.69) is 28.1 Å². The van der Waals surface area contributed by atoms with Crippen LogP contribution in [0.2, 0.25) is 0 Å².